The molecule has 0 bridgehead atoms. The molecule has 432 valence electrons. The highest BCUT2D eigenvalue weighted by molar-refractivity contribution is 5.84. The number of ether oxygens (including phenoxy) is 7. The molecule has 0 fully saturated rings. The molecule has 80 heavy (non-hydrogen) atoms. The molecule has 2 aromatic carbocycles. The highest BCUT2D eigenvalue weighted by atomic mass is 16.5. The number of aldehydes is 1. The number of hydrogen-bond donors (Lipinski definition) is 5. The molecule has 0 atom stereocenters. The van der Waals surface area contributed by atoms with Crippen LogP contribution in [0.1, 0.15) is 94.5 Å². The van der Waals surface area contributed by atoms with Crippen LogP contribution >= 0.6 is 0 Å². The summed E-state index contributed by atoms with van der Waals surface area (Å²) in [5, 5.41) is 9.00. The lowest BCUT2D eigenvalue weighted by atomic mass is 10.2. The topological polar surface area (TPSA) is 334 Å². The Labute approximate surface area is 463 Å². The van der Waals surface area contributed by atoms with Gasteiger partial charge in [-0.25, -0.2) is 4.79 Å². The Bertz CT molecular complexity index is 3230. The number of nitrogen functional groups attached to an aromatic ring is 3. The average molecular weight is 1110 g/mol. The summed E-state index contributed by atoms with van der Waals surface area (Å²) in [5.74, 6) is 2.23. The minimum absolute atomic E-state index is 0.0727. The fourth-order valence-electron chi connectivity index (χ4n) is 7.79. The number of fused-ring (bicyclic) bond motifs is 3. The number of aryl methyl sites for hydroxylation is 3. The number of carbonyl (C=O) groups is 1. The third-order valence-electron chi connectivity index (χ3n) is 11.9. The van der Waals surface area contributed by atoms with Crippen LogP contribution in [0, 0.1) is 0 Å². The zero-order chi connectivity index (χ0) is 57.4. The Morgan fingerprint density at radius 3 is 1.41 bits per heavy atom. The van der Waals surface area contributed by atoms with Gasteiger partial charge in [0.1, 0.15) is 23.3 Å². The van der Waals surface area contributed by atoms with Gasteiger partial charge in [-0.3, -0.25) is 18.5 Å². The molecule has 0 radical (unpaired) electrons. The quantitative estimate of drug-likeness (QED) is 0.0245. The predicted molar refractivity (Wildman–Crippen MR) is 304 cm³/mol. The summed E-state index contributed by atoms with van der Waals surface area (Å²) in [7, 11) is 7.15. The number of nitrogens with one attached hydrogen (secondary N) is 1. The number of nitrogens with zero attached hydrogens (tertiary/aromatic N) is 12. The van der Waals surface area contributed by atoms with Crippen molar-refractivity contribution in [2.24, 2.45) is 0 Å². The molecule has 0 aliphatic heterocycles. The van der Waals surface area contributed by atoms with Crippen molar-refractivity contribution >= 4 is 57.2 Å². The van der Waals surface area contributed by atoms with Crippen molar-refractivity contribution in [3.63, 3.8) is 0 Å². The fraction of sp³-hybridized carbons (Fsp3) is 0.481. The van der Waals surface area contributed by atoms with Crippen LogP contribution in [0.4, 0.5) is 17.5 Å². The number of rotatable bonds is 30. The highest BCUT2D eigenvalue weighted by Crippen LogP contribution is 2.28. The van der Waals surface area contributed by atoms with Gasteiger partial charge in [-0.2, -0.15) is 39.9 Å². The maximum atomic E-state index is 12.4. The SMILES string of the molecule is CCCCOc1nc(N)c2[nH]c(=O)n(CCCOc3ccc(CN(C)C)cc3)c2n1.CCCCOc1nc(N)c2nc(OC)n(CCCO)c2n1.CCCCOc1nc(N)c2nc(OC)n(CCCOc3ccc(C=O)cc3)c2n1. The Hall–Kier alpha value is -8.52. The average Bonchev–Trinajstić information content (AvgIpc) is 4.14. The predicted octanol–water partition coefficient (Wildman–Crippen LogP) is 6.27. The summed E-state index contributed by atoms with van der Waals surface area (Å²) >= 11 is 0. The van der Waals surface area contributed by atoms with E-state index in [0.717, 1.165) is 57.1 Å². The number of imidazole rings is 3. The number of nitrogens with two attached hydrogens (primary N) is 3. The van der Waals surface area contributed by atoms with Gasteiger partial charge in [-0.15, -0.1) is 0 Å². The number of aliphatic hydroxyl groups is 1. The molecule has 0 saturated heterocycles. The molecule has 6 heterocycles. The van der Waals surface area contributed by atoms with Crippen LogP contribution in [0.15, 0.2) is 53.3 Å². The largest absolute Gasteiger partial charge is 0.494 e. The molecule has 26 nitrogen and oxygen atoms in total. The molecule has 8 N–H and O–H groups in total. The van der Waals surface area contributed by atoms with Crippen LogP contribution in [0.3, 0.4) is 0 Å². The molecule has 0 unspecified atom stereocenters. The molecule has 0 amide bonds. The molecule has 0 spiro atoms. The number of methoxy groups -OCH3 is 2. The monoisotopic (exact) mass is 1110 g/mol. The Kier molecular flexibility index (Phi) is 23.7. The van der Waals surface area contributed by atoms with E-state index in [4.69, 9.17) is 55.5 Å². The van der Waals surface area contributed by atoms with Gasteiger partial charge in [0.2, 0.25) is 0 Å². The number of anilines is 3. The van der Waals surface area contributed by atoms with Crippen molar-refractivity contribution in [1.82, 2.24) is 63.5 Å². The first-order chi connectivity index (χ1) is 38.8. The van der Waals surface area contributed by atoms with E-state index < -0.39 is 0 Å². The lowest BCUT2D eigenvalue weighted by Crippen LogP contribution is -2.18. The first kappa shape index (κ1) is 60.7. The summed E-state index contributed by atoms with van der Waals surface area (Å²) in [6.07, 6.45) is 8.48. The van der Waals surface area contributed by atoms with Gasteiger partial charge in [0.25, 0.3) is 12.0 Å². The summed E-state index contributed by atoms with van der Waals surface area (Å²) in [6, 6.07) is 16.5. The van der Waals surface area contributed by atoms with Crippen LogP contribution in [0.25, 0.3) is 33.5 Å². The van der Waals surface area contributed by atoms with Crippen LogP contribution in [-0.4, -0.2) is 143 Å². The zero-order valence-electron chi connectivity index (χ0n) is 46.9. The van der Waals surface area contributed by atoms with Crippen molar-refractivity contribution in [3.8, 4) is 41.6 Å². The first-order valence-corrected chi connectivity index (χ1v) is 26.8. The molecule has 8 aromatic rings. The number of aromatic nitrogens is 12. The second-order valence-corrected chi connectivity index (χ2v) is 18.5. The molecule has 6 aromatic heterocycles. The number of H-pyrrole nitrogens is 1. The molecule has 0 saturated carbocycles. The van der Waals surface area contributed by atoms with Crippen molar-refractivity contribution in [2.45, 2.75) is 105 Å². The van der Waals surface area contributed by atoms with Gasteiger partial charge in [0.15, 0.2) is 45.4 Å². The highest BCUT2D eigenvalue weighted by Gasteiger charge is 2.20. The molecule has 8 rings (SSSR count). The van der Waals surface area contributed by atoms with Crippen molar-refractivity contribution in [2.75, 3.05) is 85.2 Å². The lowest BCUT2D eigenvalue weighted by molar-refractivity contribution is 0.112. The van der Waals surface area contributed by atoms with Gasteiger partial charge in [-0.05, 0) is 94.6 Å². The zero-order valence-corrected chi connectivity index (χ0v) is 46.9. The number of hydrogen-bond acceptors (Lipinski definition) is 22. The third kappa shape index (κ3) is 17.0. The summed E-state index contributed by atoms with van der Waals surface area (Å²) in [6.45, 7) is 11.3. The number of aliphatic hydroxyl groups excluding tert-OH is 1. The van der Waals surface area contributed by atoms with Gasteiger partial charge in [0.05, 0.1) is 47.3 Å². The van der Waals surface area contributed by atoms with E-state index in [1.807, 2.05) is 30.8 Å². The minimum Gasteiger partial charge on any atom is -0.494 e. The number of carbonyl (C=O) groups excluding carboxylic acids is 1. The van der Waals surface area contributed by atoms with Crippen LogP contribution in [0.2, 0.25) is 0 Å². The summed E-state index contributed by atoms with van der Waals surface area (Å²) in [5.41, 5.74) is 22.5. The summed E-state index contributed by atoms with van der Waals surface area (Å²) in [4.78, 5) is 62.2. The fourth-order valence-corrected chi connectivity index (χ4v) is 7.79. The molecular weight excluding hydrogens is 1030 g/mol. The van der Waals surface area contributed by atoms with Crippen LogP contribution < -0.4 is 56.0 Å². The van der Waals surface area contributed by atoms with E-state index in [-0.39, 0.29) is 47.8 Å². The van der Waals surface area contributed by atoms with Crippen LogP contribution in [0.5, 0.6) is 41.6 Å². The summed E-state index contributed by atoms with van der Waals surface area (Å²) < 4.78 is 43.9. The molecule has 0 aliphatic carbocycles. The van der Waals surface area contributed by atoms with E-state index in [2.05, 4.69) is 82.7 Å². The van der Waals surface area contributed by atoms with E-state index in [9.17, 15) is 9.59 Å². The standard InChI is InChI=1S/C21H30N6O3.C20H25N5O4.C13H21N5O3/c1-4-5-12-30-20-24-18(22)17-19(25-20)27(21(28)23-17)11-6-13-29-16-9-7-15(8-10-16)14-26(2)3;1-3-4-11-29-19-23-17(21)16-18(24-19)25(20(22-16)27-2)10-5-12-28-15-8-6-14(13-26)7-9-15;1-3-4-8-21-12-16-10(14)9-11(17-12)18(6-5-7-19)13(15-9)20-2/h7-10H,4-6,11-14H2,1-3H3,(H,23,28)(H2,22,24,25);6-9,13H,3-5,10-12H2,1-2H3,(H2,21,23,24);19H,3-8H2,1-2H3,(H2,14,16,17). The third-order valence-corrected chi connectivity index (χ3v) is 11.9. The minimum atomic E-state index is -0.273. The van der Waals surface area contributed by atoms with Gasteiger partial charge >= 0.3 is 23.7 Å². The molecule has 26 heteroatoms. The Morgan fingerprint density at radius 2 is 0.975 bits per heavy atom. The maximum absolute atomic E-state index is 12.4. The van der Waals surface area contributed by atoms with E-state index >= 15 is 0 Å². The van der Waals surface area contributed by atoms with Gasteiger partial charge < -0.3 is 65.3 Å². The lowest BCUT2D eigenvalue weighted by Gasteiger charge is -2.11. The molecular formula is C54H76N16O10. The smallest absolute Gasteiger partial charge is 0.327 e. The Balaban J connectivity index is 0.000000197. The van der Waals surface area contributed by atoms with Crippen molar-refractivity contribution in [1.29, 1.82) is 0 Å². The van der Waals surface area contributed by atoms with Gasteiger partial charge in [0, 0.05) is 38.3 Å². The van der Waals surface area contributed by atoms with E-state index in [1.165, 1.54) is 12.7 Å². The van der Waals surface area contributed by atoms with E-state index in [1.54, 1.807) is 40.5 Å². The maximum Gasteiger partial charge on any atom is 0.327 e. The second-order valence-electron chi connectivity index (χ2n) is 18.5. The number of benzene rings is 2. The Morgan fingerprint density at radius 1 is 0.550 bits per heavy atom. The number of unbranched alkanes of at least 4 members (excludes halogenated alkanes) is 3. The normalized spacial score (nSPS) is 11.1. The second kappa shape index (κ2) is 31.2. The van der Waals surface area contributed by atoms with E-state index in [0.29, 0.717) is 129 Å². The van der Waals surface area contributed by atoms with Crippen molar-refractivity contribution in [3.05, 3.63) is 70.1 Å². The first-order valence-electron chi connectivity index (χ1n) is 26.8. The number of aromatic amines is 1. The van der Waals surface area contributed by atoms with Gasteiger partial charge in [-0.1, -0.05) is 52.2 Å². The molecule has 0 aliphatic rings. The van der Waals surface area contributed by atoms with Crippen molar-refractivity contribution < 1.29 is 43.1 Å². The van der Waals surface area contributed by atoms with Crippen LogP contribution in [-0.2, 0) is 26.2 Å².